The van der Waals surface area contributed by atoms with Crippen molar-refractivity contribution >= 4 is 5.91 Å². The molecule has 0 aliphatic carbocycles. The summed E-state index contributed by atoms with van der Waals surface area (Å²) in [6.07, 6.45) is 2.22. The molecular weight excluding hydrogens is 372 g/mol. The Labute approximate surface area is 175 Å². The van der Waals surface area contributed by atoms with Crippen molar-refractivity contribution in [3.63, 3.8) is 0 Å². The van der Waals surface area contributed by atoms with Gasteiger partial charge >= 0.3 is 0 Å². The number of hydrogen-bond acceptors (Lipinski definition) is 6. The molecule has 0 unspecified atom stereocenters. The SMILES string of the molecule is COc1ccc(CCNC(=O)/C(=C\C(C)(C)C)N(C)CC(OC)OC)cc1OC. The number of ether oxygens (including phenoxy) is 4. The molecule has 0 saturated carbocycles. The fourth-order valence-corrected chi connectivity index (χ4v) is 2.77. The summed E-state index contributed by atoms with van der Waals surface area (Å²) in [5.41, 5.74) is 1.49. The monoisotopic (exact) mass is 408 g/mol. The van der Waals surface area contributed by atoms with Crippen LogP contribution < -0.4 is 14.8 Å². The highest BCUT2D eigenvalue weighted by atomic mass is 16.7. The van der Waals surface area contributed by atoms with Crippen molar-refractivity contribution in [2.24, 2.45) is 5.41 Å². The smallest absolute Gasteiger partial charge is 0.267 e. The van der Waals surface area contributed by atoms with E-state index in [1.807, 2.05) is 36.2 Å². The molecule has 0 heterocycles. The molecule has 0 aliphatic rings. The van der Waals surface area contributed by atoms with Crippen LogP contribution in [-0.4, -0.2) is 65.7 Å². The number of benzene rings is 1. The number of allylic oxidation sites excluding steroid dienone is 1. The summed E-state index contributed by atoms with van der Waals surface area (Å²) < 4.78 is 21.1. The standard InChI is InChI=1S/C22H36N2O5/c1-22(2,3)14-17(24(4)15-20(28-7)29-8)21(25)23-12-11-16-9-10-18(26-5)19(13-16)27-6/h9-10,13-14,20H,11-12,15H2,1-8H3,(H,23,25)/b17-14+. The fraction of sp³-hybridized carbons (Fsp3) is 0.591. The van der Waals surface area contributed by atoms with Gasteiger partial charge in [0.05, 0.1) is 26.5 Å². The minimum Gasteiger partial charge on any atom is -0.493 e. The molecule has 0 bridgehead atoms. The Kier molecular flexibility index (Phi) is 9.98. The average molecular weight is 409 g/mol. The fourth-order valence-electron chi connectivity index (χ4n) is 2.77. The van der Waals surface area contributed by atoms with Crippen LogP contribution in [0.3, 0.4) is 0 Å². The van der Waals surface area contributed by atoms with E-state index >= 15 is 0 Å². The van der Waals surface area contributed by atoms with Gasteiger partial charge in [-0.3, -0.25) is 4.79 Å². The van der Waals surface area contributed by atoms with Gasteiger partial charge in [0, 0.05) is 27.8 Å². The summed E-state index contributed by atoms with van der Waals surface area (Å²) in [6.45, 7) is 7.12. The van der Waals surface area contributed by atoms with Gasteiger partial charge in [0.2, 0.25) is 0 Å². The normalized spacial score (nSPS) is 12.1. The average Bonchev–Trinajstić information content (AvgIpc) is 2.68. The van der Waals surface area contributed by atoms with Crippen LogP contribution in [0.5, 0.6) is 11.5 Å². The minimum atomic E-state index is -0.414. The van der Waals surface area contributed by atoms with E-state index in [0.29, 0.717) is 36.7 Å². The first-order valence-electron chi connectivity index (χ1n) is 9.63. The maximum Gasteiger partial charge on any atom is 0.267 e. The van der Waals surface area contributed by atoms with Crippen molar-refractivity contribution in [1.29, 1.82) is 0 Å². The number of carbonyl (C=O) groups is 1. The highest BCUT2D eigenvalue weighted by Gasteiger charge is 2.21. The molecule has 1 aromatic carbocycles. The van der Waals surface area contributed by atoms with Crippen LogP contribution in [0.4, 0.5) is 0 Å². The van der Waals surface area contributed by atoms with Crippen molar-refractivity contribution in [3.05, 3.63) is 35.5 Å². The number of methoxy groups -OCH3 is 4. The van der Waals surface area contributed by atoms with Gasteiger partial charge in [0.15, 0.2) is 17.8 Å². The second-order valence-corrected chi connectivity index (χ2v) is 7.87. The molecule has 0 radical (unpaired) electrons. The molecule has 164 valence electrons. The van der Waals surface area contributed by atoms with Crippen molar-refractivity contribution in [1.82, 2.24) is 10.2 Å². The van der Waals surface area contributed by atoms with E-state index in [4.69, 9.17) is 18.9 Å². The molecule has 0 aliphatic heterocycles. The Hall–Kier alpha value is -2.25. The lowest BCUT2D eigenvalue weighted by atomic mass is 9.95. The molecule has 0 saturated heterocycles. The van der Waals surface area contributed by atoms with E-state index in [1.54, 1.807) is 28.4 Å². The first kappa shape index (κ1) is 24.8. The number of carbonyl (C=O) groups excluding carboxylic acids is 1. The third-order valence-corrected chi connectivity index (χ3v) is 4.31. The van der Waals surface area contributed by atoms with E-state index < -0.39 is 6.29 Å². The third kappa shape index (κ3) is 8.33. The Morgan fingerprint density at radius 3 is 2.24 bits per heavy atom. The van der Waals surface area contributed by atoms with E-state index in [0.717, 1.165) is 5.56 Å². The lowest BCUT2D eigenvalue weighted by Crippen LogP contribution is -2.39. The summed E-state index contributed by atoms with van der Waals surface area (Å²) >= 11 is 0. The predicted octanol–water partition coefficient (Wildman–Crippen LogP) is 2.84. The number of rotatable bonds is 11. The van der Waals surface area contributed by atoms with Crippen LogP contribution >= 0.6 is 0 Å². The second kappa shape index (κ2) is 11.7. The quantitative estimate of drug-likeness (QED) is 0.449. The van der Waals surface area contributed by atoms with Crippen molar-refractivity contribution in [3.8, 4) is 11.5 Å². The molecule has 1 rings (SSSR count). The van der Waals surface area contributed by atoms with Crippen molar-refractivity contribution in [2.75, 3.05) is 48.6 Å². The van der Waals surface area contributed by atoms with E-state index in [-0.39, 0.29) is 11.3 Å². The van der Waals surface area contributed by atoms with E-state index in [2.05, 4.69) is 26.1 Å². The van der Waals surface area contributed by atoms with Crippen LogP contribution in [-0.2, 0) is 20.7 Å². The first-order valence-corrected chi connectivity index (χ1v) is 9.63. The molecule has 1 N–H and O–H groups in total. The first-order chi connectivity index (χ1) is 13.6. The molecule has 0 fully saturated rings. The number of likely N-dealkylation sites (N-methyl/N-ethyl adjacent to an activating group) is 1. The molecule has 0 atom stereocenters. The highest BCUT2D eigenvalue weighted by Crippen LogP contribution is 2.27. The van der Waals surface area contributed by atoms with Gasteiger partial charge in [-0.2, -0.15) is 0 Å². The van der Waals surface area contributed by atoms with Gasteiger partial charge in [-0.1, -0.05) is 32.9 Å². The molecule has 7 heteroatoms. The van der Waals surface area contributed by atoms with Gasteiger partial charge in [-0.05, 0) is 29.5 Å². The Morgan fingerprint density at radius 1 is 1.10 bits per heavy atom. The molecule has 0 aromatic heterocycles. The number of nitrogens with zero attached hydrogens (tertiary/aromatic N) is 1. The Bertz CT molecular complexity index is 678. The summed E-state index contributed by atoms with van der Waals surface area (Å²) in [5, 5.41) is 3.01. The third-order valence-electron chi connectivity index (χ3n) is 4.31. The summed E-state index contributed by atoms with van der Waals surface area (Å²) in [7, 11) is 8.23. The zero-order chi connectivity index (χ0) is 22.0. The van der Waals surface area contributed by atoms with Gasteiger partial charge in [-0.15, -0.1) is 0 Å². The maximum atomic E-state index is 12.9. The summed E-state index contributed by atoms with van der Waals surface area (Å²) in [5.74, 6) is 1.23. The minimum absolute atomic E-state index is 0.131. The largest absolute Gasteiger partial charge is 0.493 e. The number of amides is 1. The zero-order valence-corrected chi connectivity index (χ0v) is 19.0. The van der Waals surface area contributed by atoms with Crippen LogP contribution in [0.2, 0.25) is 0 Å². The van der Waals surface area contributed by atoms with Crippen molar-refractivity contribution in [2.45, 2.75) is 33.5 Å². The molecule has 29 heavy (non-hydrogen) atoms. The lowest BCUT2D eigenvalue weighted by molar-refractivity contribution is -0.123. The van der Waals surface area contributed by atoms with Gasteiger partial charge in [0.1, 0.15) is 0 Å². The molecule has 7 nitrogen and oxygen atoms in total. The van der Waals surface area contributed by atoms with Crippen LogP contribution in [0.1, 0.15) is 26.3 Å². The van der Waals surface area contributed by atoms with E-state index in [1.165, 1.54) is 0 Å². The molecular formula is C22H36N2O5. The second-order valence-electron chi connectivity index (χ2n) is 7.87. The van der Waals surface area contributed by atoms with E-state index in [9.17, 15) is 4.79 Å². The van der Waals surface area contributed by atoms with Crippen molar-refractivity contribution < 1.29 is 23.7 Å². The maximum absolute atomic E-state index is 12.9. The Morgan fingerprint density at radius 2 is 1.72 bits per heavy atom. The van der Waals surface area contributed by atoms with Crippen LogP contribution in [0.25, 0.3) is 0 Å². The lowest BCUT2D eigenvalue weighted by Gasteiger charge is -2.28. The summed E-state index contributed by atoms with van der Waals surface area (Å²) in [6, 6.07) is 5.75. The number of nitrogens with one attached hydrogen (secondary N) is 1. The molecule has 1 aromatic rings. The zero-order valence-electron chi connectivity index (χ0n) is 19.0. The van der Waals surface area contributed by atoms with Gasteiger partial charge in [0.25, 0.3) is 5.91 Å². The number of hydrogen-bond donors (Lipinski definition) is 1. The summed E-state index contributed by atoms with van der Waals surface area (Å²) in [4.78, 5) is 14.7. The highest BCUT2D eigenvalue weighted by molar-refractivity contribution is 5.92. The van der Waals surface area contributed by atoms with Gasteiger partial charge < -0.3 is 29.2 Å². The molecule has 1 amide bonds. The van der Waals surface area contributed by atoms with Gasteiger partial charge in [-0.25, -0.2) is 0 Å². The Balaban J connectivity index is 2.81. The van der Waals surface area contributed by atoms with Crippen LogP contribution in [0, 0.1) is 5.41 Å². The topological polar surface area (TPSA) is 69.3 Å². The molecule has 0 spiro atoms. The van der Waals surface area contributed by atoms with Crippen LogP contribution in [0.15, 0.2) is 30.0 Å². The predicted molar refractivity (Wildman–Crippen MR) is 114 cm³/mol.